The third-order valence-corrected chi connectivity index (χ3v) is 6.81. The minimum absolute atomic E-state index is 0.264. The van der Waals surface area contributed by atoms with Crippen molar-refractivity contribution in [1.29, 1.82) is 0 Å². The highest BCUT2D eigenvalue weighted by Crippen LogP contribution is 2.35. The highest BCUT2D eigenvalue weighted by molar-refractivity contribution is 7.92. The number of aryl methyl sites for hydroxylation is 1. The molecule has 0 saturated heterocycles. The van der Waals surface area contributed by atoms with Crippen molar-refractivity contribution >= 4 is 27.5 Å². The number of nitrogens with zero attached hydrogens (tertiary/aromatic N) is 2. The molecule has 2 heterocycles. The molecule has 0 radical (unpaired) electrons. The Hall–Kier alpha value is -2.54. The second kappa shape index (κ2) is 6.32. The Morgan fingerprint density at radius 1 is 1.00 bits per heavy atom. The van der Waals surface area contributed by atoms with Crippen LogP contribution in [0.5, 0.6) is 0 Å². The molecule has 26 heavy (non-hydrogen) atoms. The van der Waals surface area contributed by atoms with E-state index < -0.39 is 16.1 Å². The van der Waals surface area contributed by atoms with Crippen LogP contribution in [0.15, 0.2) is 47.4 Å². The van der Waals surface area contributed by atoms with Crippen molar-refractivity contribution in [2.24, 2.45) is 0 Å². The molecule has 2 aromatic rings. The molecule has 2 aromatic carbocycles. The van der Waals surface area contributed by atoms with E-state index >= 15 is 0 Å². The maximum atomic E-state index is 13.2. The van der Waals surface area contributed by atoms with Gasteiger partial charge in [-0.05, 0) is 54.7 Å². The van der Waals surface area contributed by atoms with E-state index in [9.17, 15) is 13.2 Å². The van der Waals surface area contributed by atoms with Gasteiger partial charge in [0.1, 0.15) is 0 Å². The first-order valence-corrected chi connectivity index (χ1v) is 10.1. The SMILES string of the molecule is COC(=O)N1CCCc2cc(S(=O)(=O)N3CCc4ccccc43)ccc21. The Labute approximate surface area is 153 Å². The van der Waals surface area contributed by atoms with Crippen LogP contribution in [0, 0.1) is 0 Å². The van der Waals surface area contributed by atoms with Crippen molar-refractivity contribution in [3.63, 3.8) is 0 Å². The quantitative estimate of drug-likeness (QED) is 0.813. The molecular weight excluding hydrogens is 352 g/mol. The average Bonchev–Trinajstić information content (AvgIpc) is 3.11. The van der Waals surface area contributed by atoms with Crippen LogP contribution in [0.1, 0.15) is 17.5 Å². The number of benzene rings is 2. The van der Waals surface area contributed by atoms with Crippen molar-refractivity contribution in [2.75, 3.05) is 29.4 Å². The monoisotopic (exact) mass is 372 g/mol. The van der Waals surface area contributed by atoms with E-state index in [-0.39, 0.29) is 4.90 Å². The molecule has 2 aliphatic heterocycles. The molecule has 7 heteroatoms. The Kier molecular flexibility index (Phi) is 4.11. The zero-order valence-corrected chi connectivity index (χ0v) is 15.3. The standard InChI is InChI=1S/C19H20N2O4S/c1-25-19(22)20-11-4-6-15-13-16(8-9-17(15)20)26(23,24)21-12-10-14-5-2-3-7-18(14)21/h2-3,5,7-9,13H,4,6,10-12H2,1H3. The lowest BCUT2D eigenvalue weighted by atomic mass is 10.0. The summed E-state index contributed by atoms with van der Waals surface area (Å²) in [6.45, 7) is 1.03. The molecule has 4 rings (SSSR count). The summed E-state index contributed by atoms with van der Waals surface area (Å²) in [5.41, 5.74) is 3.38. The molecule has 0 saturated carbocycles. The van der Waals surface area contributed by atoms with Gasteiger partial charge < -0.3 is 4.74 Å². The highest BCUT2D eigenvalue weighted by atomic mass is 32.2. The van der Waals surface area contributed by atoms with Crippen molar-refractivity contribution in [3.05, 3.63) is 53.6 Å². The molecule has 0 aliphatic carbocycles. The molecule has 0 spiro atoms. The van der Waals surface area contributed by atoms with Crippen LogP contribution in [0.2, 0.25) is 0 Å². The highest BCUT2D eigenvalue weighted by Gasteiger charge is 2.32. The van der Waals surface area contributed by atoms with Gasteiger partial charge in [0.25, 0.3) is 10.0 Å². The van der Waals surface area contributed by atoms with Gasteiger partial charge in [-0.3, -0.25) is 9.21 Å². The first kappa shape index (κ1) is 16.9. The zero-order valence-electron chi connectivity index (χ0n) is 14.5. The number of rotatable bonds is 2. The first-order valence-electron chi connectivity index (χ1n) is 8.61. The number of para-hydroxylation sites is 1. The van der Waals surface area contributed by atoms with Crippen LogP contribution < -0.4 is 9.21 Å². The van der Waals surface area contributed by atoms with Crippen LogP contribution in [-0.4, -0.2) is 34.7 Å². The summed E-state index contributed by atoms with van der Waals surface area (Å²) in [6.07, 6.45) is 1.81. The molecular formula is C19H20N2O4S. The van der Waals surface area contributed by atoms with Gasteiger partial charge in [0, 0.05) is 13.1 Å². The van der Waals surface area contributed by atoms with E-state index in [4.69, 9.17) is 4.74 Å². The van der Waals surface area contributed by atoms with Crippen molar-refractivity contribution < 1.29 is 17.9 Å². The number of ether oxygens (including phenoxy) is 1. The van der Waals surface area contributed by atoms with Gasteiger partial charge in [-0.25, -0.2) is 13.2 Å². The van der Waals surface area contributed by atoms with E-state index in [0.29, 0.717) is 13.1 Å². The molecule has 136 valence electrons. The van der Waals surface area contributed by atoms with Crippen LogP contribution in [0.3, 0.4) is 0 Å². The molecule has 0 atom stereocenters. The van der Waals surface area contributed by atoms with Crippen molar-refractivity contribution in [3.8, 4) is 0 Å². The molecule has 0 bridgehead atoms. The minimum atomic E-state index is -3.63. The molecule has 0 unspecified atom stereocenters. The van der Waals surface area contributed by atoms with Gasteiger partial charge in [0.2, 0.25) is 0 Å². The fourth-order valence-corrected chi connectivity index (χ4v) is 5.27. The number of carbonyl (C=O) groups excluding carboxylic acids is 1. The number of amides is 1. The number of hydrogen-bond acceptors (Lipinski definition) is 4. The largest absolute Gasteiger partial charge is 0.452 e. The van der Waals surface area contributed by atoms with Crippen LogP contribution in [-0.2, 0) is 27.6 Å². The van der Waals surface area contributed by atoms with Gasteiger partial charge in [0.05, 0.1) is 23.4 Å². The number of methoxy groups -OCH3 is 1. The fraction of sp³-hybridized carbons (Fsp3) is 0.316. The van der Waals surface area contributed by atoms with Crippen molar-refractivity contribution in [2.45, 2.75) is 24.2 Å². The maximum Gasteiger partial charge on any atom is 0.414 e. The van der Waals surface area contributed by atoms with E-state index in [2.05, 4.69) is 0 Å². The summed E-state index contributed by atoms with van der Waals surface area (Å²) < 4.78 is 32.7. The van der Waals surface area contributed by atoms with E-state index in [1.165, 1.54) is 11.4 Å². The number of carbonyl (C=O) groups is 1. The Morgan fingerprint density at radius 3 is 2.62 bits per heavy atom. The lowest BCUT2D eigenvalue weighted by Gasteiger charge is -2.29. The summed E-state index contributed by atoms with van der Waals surface area (Å²) in [5, 5.41) is 0. The predicted octanol–water partition coefficient (Wildman–Crippen LogP) is 2.96. The Morgan fingerprint density at radius 2 is 1.81 bits per heavy atom. The number of fused-ring (bicyclic) bond motifs is 2. The van der Waals surface area contributed by atoms with Crippen molar-refractivity contribution in [1.82, 2.24) is 0 Å². The molecule has 0 aromatic heterocycles. The smallest absolute Gasteiger partial charge is 0.414 e. The second-order valence-corrected chi connectivity index (χ2v) is 8.33. The Balaban J connectivity index is 1.72. The normalized spacial score (nSPS) is 16.2. The average molecular weight is 372 g/mol. The molecule has 0 N–H and O–H groups in total. The van der Waals surface area contributed by atoms with Crippen LogP contribution in [0.4, 0.5) is 16.2 Å². The lowest BCUT2D eigenvalue weighted by molar-refractivity contribution is 0.178. The van der Waals surface area contributed by atoms with E-state index in [1.807, 2.05) is 24.3 Å². The fourth-order valence-electron chi connectivity index (χ4n) is 3.72. The number of anilines is 2. The topological polar surface area (TPSA) is 66.9 Å². The third-order valence-electron chi connectivity index (χ3n) is 5.00. The van der Waals surface area contributed by atoms with Crippen LogP contribution >= 0.6 is 0 Å². The van der Waals surface area contributed by atoms with Gasteiger partial charge >= 0.3 is 6.09 Å². The number of hydrogen-bond donors (Lipinski definition) is 0. The van der Waals surface area contributed by atoms with Gasteiger partial charge in [-0.1, -0.05) is 18.2 Å². The lowest BCUT2D eigenvalue weighted by Crippen LogP contribution is -2.35. The summed E-state index contributed by atoms with van der Waals surface area (Å²) in [4.78, 5) is 13.8. The maximum absolute atomic E-state index is 13.2. The molecule has 0 fully saturated rings. The molecule has 2 aliphatic rings. The Bertz CT molecular complexity index is 971. The molecule has 1 amide bonds. The van der Waals surface area contributed by atoms with E-state index in [0.717, 1.165) is 41.8 Å². The zero-order chi connectivity index (χ0) is 18.3. The summed E-state index contributed by atoms with van der Waals surface area (Å²) in [7, 11) is -2.28. The minimum Gasteiger partial charge on any atom is -0.452 e. The van der Waals surface area contributed by atoms with Gasteiger partial charge in [-0.15, -0.1) is 0 Å². The molecule has 6 nitrogen and oxygen atoms in total. The first-order chi connectivity index (χ1) is 12.5. The van der Waals surface area contributed by atoms with Crippen LogP contribution in [0.25, 0.3) is 0 Å². The predicted molar refractivity (Wildman–Crippen MR) is 99.2 cm³/mol. The van der Waals surface area contributed by atoms with Gasteiger partial charge in [0.15, 0.2) is 0 Å². The number of sulfonamides is 1. The third kappa shape index (κ3) is 2.63. The summed E-state index contributed by atoms with van der Waals surface area (Å²) in [5.74, 6) is 0. The summed E-state index contributed by atoms with van der Waals surface area (Å²) >= 11 is 0. The second-order valence-electron chi connectivity index (χ2n) is 6.47. The van der Waals surface area contributed by atoms with E-state index in [1.54, 1.807) is 23.1 Å². The van der Waals surface area contributed by atoms with Gasteiger partial charge in [-0.2, -0.15) is 0 Å². The summed E-state index contributed by atoms with van der Waals surface area (Å²) in [6, 6.07) is 12.6.